The Labute approximate surface area is 93.0 Å². The predicted octanol–water partition coefficient (Wildman–Crippen LogP) is 1.37. The molecule has 0 aromatic rings. The van der Waals surface area contributed by atoms with Crippen molar-refractivity contribution in [3.05, 3.63) is 0 Å². The lowest BCUT2D eigenvalue weighted by Gasteiger charge is -2.44. The summed E-state index contributed by atoms with van der Waals surface area (Å²) < 4.78 is 5.43. The van der Waals surface area contributed by atoms with Crippen molar-refractivity contribution in [3.63, 3.8) is 0 Å². The minimum atomic E-state index is 0.313. The Morgan fingerprint density at radius 2 is 1.93 bits per heavy atom. The highest BCUT2D eigenvalue weighted by molar-refractivity contribution is 4.88. The molecule has 2 heterocycles. The molecular formula is C12H24N2O. The van der Waals surface area contributed by atoms with Gasteiger partial charge in [0, 0.05) is 31.3 Å². The first-order valence-corrected chi connectivity index (χ1v) is 6.38. The third kappa shape index (κ3) is 2.71. The number of hydrogen-bond donors (Lipinski definition) is 1. The molecule has 2 N–H and O–H groups in total. The maximum Gasteiger partial charge on any atom is 0.0480 e. The number of likely N-dealkylation sites (tertiary alicyclic amines) is 1. The Morgan fingerprint density at radius 3 is 2.60 bits per heavy atom. The van der Waals surface area contributed by atoms with Crippen molar-refractivity contribution in [3.8, 4) is 0 Å². The third-order valence-corrected chi connectivity index (χ3v) is 3.86. The predicted molar refractivity (Wildman–Crippen MR) is 61.8 cm³/mol. The normalized spacial score (nSPS) is 32.8. The van der Waals surface area contributed by atoms with Gasteiger partial charge in [0.25, 0.3) is 0 Å². The zero-order valence-corrected chi connectivity index (χ0v) is 9.82. The van der Waals surface area contributed by atoms with Crippen LogP contribution in [0.1, 0.15) is 39.0 Å². The Bertz CT molecular complexity index is 190. The lowest BCUT2D eigenvalue weighted by atomic mass is 9.93. The zero-order chi connectivity index (χ0) is 10.7. The van der Waals surface area contributed by atoms with Crippen molar-refractivity contribution in [1.29, 1.82) is 0 Å². The van der Waals surface area contributed by atoms with Gasteiger partial charge in [0.2, 0.25) is 0 Å². The van der Waals surface area contributed by atoms with Crippen LogP contribution in [0.5, 0.6) is 0 Å². The molecule has 15 heavy (non-hydrogen) atoms. The molecule has 2 fully saturated rings. The molecule has 0 aromatic carbocycles. The first kappa shape index (κ1) is 11.4. The maximum atomic E-state index is 6.09. The van der Waals surface area contributed by atoms with E-state index in [1.165, 1.54) is 38.6 Å². The van der Waals surface area contributed by atoms with Gasteiger partial charge in [-0.3, -0.25) is 4.90 Å². The molecule has 0 aromatic heterocycles. The van der Waals surface area contributed by atoms with Gasteiger partial charge in [-0.15, -0.1) is 0 Å². The van der Waals surface area contributed by atoms with Crippen molar-refractivity contribution in [2.24, 2.45) is 5.73 Å². The highest BCUT2D eigenvalue weighted by Crippen LogP contribution is 2.25. The molecule has 2 aliphatic rings. The number of rotatable bonds is 2. The van der Waals surface area contributed by atoms with E-state index in [4.69, 9.17) is 10.5 Å². The largest absolute Gasteiger partial charge is 0.381 e. The minimum Gasteiger partial charge on any atom is -0.381 e. The second-order valence-corrected chi connectivity index (χ2v) is 5.00. The van der Waals surface area contributed by atoms with Gasteiger partial charge in [0.1, 0.15) is 0 Å². The van der Waals surface area contributed by atoms with E-state index in [0.717, 1.165) is 19.3 Å². The van der Waals surface area contributed by atoms with Crippen LogP contribution in [-0.2, 0) is 4.74 Å². The van der Waals surface area contributed by atoms with Gasteiger partial charge in [-0.1, -0.05) is 6.42 Å². The summed E-state index contributed by atoms with van der Waals surface area (Å²) in [4.78, 5) is 2.66. The first-order valence-electron chi connectivity index (χ1n) is 6.38. The Hall–Kier alpha value is -0.120. The summed E-state index contributed by atoms with van der Waals surface area (Å²) in [5.41, 5.74) is 6.09. The molecule has 0 bridgehead atoms. The lowest BCUT2D eigenvalue weighted by Crippen LogP contribution is -2.54. The van der Waals surface area contributed by atoms with Crippen molar-refractivity contribution in [2.45, 2.75) is 57.2 Å². The van der Waals surface area contributed by atoms with E-state index in [0.29, 0.717) is 12.1 Å². The van der Waals surface area contributed by atoms with Gasteiger partial charge in [0.05, 0.1) is 0 Å². The van der Waals surface area contributed by atoms with E-state index >= 15 is 0 Å². The van der Waals surface area contributed by atoms with Crippen LogP contribution in [0.25, 0.3) is 0 Å². The van der Waals surface area contributed by atoms with E-state index in [-0.39, 0.29) is 0 Å². The number of nitrogens with zero attached hydrogens (tertiary/aromatic N) is 1. The van der Waals surface area contributed by atoms with Crippen LogP contribution in [0.2, 0.25) is 0 Å². The molecule has 2 rings (SSSR count). The van der Waals surface area contributed by atoms with E-state index in [9.17, 15) is 0 Å². The zero-order valence-electron chi connectivity index (χ0n) is 9.82. The molecule has 0 aliphatic carbocycles. The molecule has 3 heteroatoms. The van der Waals surface area contributed by atoms with E-state index in [1.54, 1.807) is 0 Å². The summed E-state index contributed by atoms with van der Waals surface area (Å²) in [6, 6.07) is 1.66. The van der Waals surface area contributed by atoms with Crippen LogP contribution in [0, 0.1) is 0 Å². The molecule has 2 unspecified atom stereocenters. The average molecular weight is 212 g/mol. The number of nitrogens with two attached hydrogens (primary N) is 1. The molecule has 2 saturated heterocycles. The smallest absolute Gasteiger partial charge is 0.0480 e. The summed E-state index contributed by atoms with van der Waals surface area (Å²) in [6.07, 6.45) is 6.38. The molecule has 0 amide bonds. The summed E-state index contributed by atoms with van der Waals surface area (Å²) in [5.74, 6) is 0. The Kier molecular flexibility index (Phi) is 4.00. The second kappa shape index (κ2) is 5.28. The van der Waals surface area contributed by atoms with Crippen molar-refractivity contribution < 1.29 is 4.74 Å². The molecular weight excluding hydrogens is 188 g/mol. The molecule has 0 radical (unpaired) electrons. The highest BCUT2D eigenvalue weighted by atomic mass is 16.5. The fourth-order valence-corrected chi connectivity index (χ4v) is 3.01. The lowest BCUT2D eigenvalue weighted by molar-refractivity contribution is 0.000143. The van der Waals surface area contributed by atoms with Gasteiger partial charge < -0.3 is 10.5 Å². The van der Waals surface area contributed by atoms with E-state index in [2.05, 4.69) is 11.8 Å². The van der Waals surface area contributed by atoms with Gasteiger partial charge in [-0.05, 0) is 39.2 Å². The maximum absolute atomic E-state index is 6.09. The van der Waals surface area contributed by atoms with Crippen LogP contribution >= 0.6 is 0 Å². The van der Waals surface area contributed by atoms with E-state index in [1.807, 2.05) is 0 Å². The van der Waals surface area contributed by atoms with Crippen molar-refractivity contribution in [1.82, 2.24) is 4.90 Å². The number of piperidine rings is 1. The Morgan fingerprint density at radius 1 is 1.20 bits per heavy atom. The SMILES string of the molecule is CC(N)C1CCCCN1C1CCOCC1. The molecule has 2 aliphatic heterocycles. The van der Waals surface area contributed by atoms with Gasteiger partial charge >= 0.3 is 0 Å². The minimum absolute atomic E-state index is 0.313. The topological polar surface area (TPSA) is 38.5 Å². The van der Waals surface area contributed by atoms with Crippen LogP contribution < -0.4 is 5.73 Å². The fourth-order valence-electron chi connectivity index (χ4n) is 3.01. The summed E-state index contributed by atoms with van der Waals surface area (Å²) in [6.45, 7) is 5.28. The molecule has 3 nitrogen and oxygen atoms in total. The third-order valence-electron chi connectivity index (χ3n) is 3.86. The standard InChI is InChI=1S/C12H24N2O/c1-10(13)12-4-2-3-7-14(12)11-5-8-15-9-6-11/h10-12H,2-9,13H2,1H3. The van der Waals surface area contributed by atoms with E-state index < -0.39 is 0 Å². The summed E-state index contributed by atoms with van der Waals surface area (Å²) >= 11 is 0. The monoisotopic (exact) mass is 212 g/mol. The molecule has 0 saturated carbocycles. The van der Waals surface area contributed by atoms with Crippen molar-refractivity contribution in [2.75, 3.05) is 19.8 Å². The first-order chi connectivity index (χ1) is 7.29. The molecule has 0 spiro atoms. The second-order valence-electron chi connectivity index (χ2n) is 5.00. The van der Waals surface area contributed by atoms with Crippen LogP contribution in [0.15, 0.2) is 0 Å². The van der Waals surface area contributed by atoms with Crippen LogP contribution in [0.3, 0.4) is 0 Å². The molecule has 2 atom stereocenters. The number of ether oxygens (including phenoxy) is 1. The summed E-state index contributed by atoms with van der Waals surface area (Å²) in [5, 5.41) is 0. The molecule has 88 valence electrons. The quantitative estimate of drug-likeness (QED) is 0.751. The van der Waals surface area contributed by atoms with Crippen molar-refractivity contribution >= 4 is 0 Å². The van der Waals surface area contributed by atoms with Crippen LogP contribution in [-0.4, -0.2) is 42.8 Å². The Balaban J connectivity index is 1.96. The average Bonchev–Trinajstić information content (AvgIpc) is 2.30. The van der Waals surface area contributed by atoms with Gasteiger partial charge in [0.15, 0.2) is 0 Å². The van der Waals surface area contributed by atoms with Gasteiger partial charge in [-0.2, -0.15) is 0 Å². The van der Waals surface area contributed by atoms with Crippen LogP contribution in [0.4, 0.5) is 0 Å². The number of hydrogen-bond acceptors (Lipinski definition) is 3. The summed E-state index contributed by atoms with van der Waals surface area (Å²) in [7, 11) is 0. The fraction of sp³-hybridized carbons (Fsp3) is 1.00. The highest BCUT2D eigenvalue weighted by Gasteiger charge is 2.31. The van der Waals surface area contributed by atoms with Gasteiger partial charge in [-0.25, -0.2) is 0 Å².